The molecular weight excluding hydrogens is 709 g/mol. The SMILES string of the molecule is CC(C)(C)C1=C/C(=C\C=C2/CCCC(/C=C/C3=c4cc5c6c(c4OC(C(C)(C)C)=C3)CCC[N+]=6CCC5)=C2c2ccccc2)c2cc3c4c(c2O1)CCCN4CCC3. The fourth-order valence-corrected chi connectivity index (χ4v) is 10.7. The minimum atomic E-state index is -0.100. The predicted octanol–water partition coefficient (Wildman–Crippen LogP) is 10.8. The monoisotopic (exact) mass is 769 g/mol. The fraction of sp³-hybridized carbons (Fsp3) is 0.426. The number of benzene rings is 3. The maximum Gasteiger partial charge on any atom is 0.210 e. The molecule has 0 saturated carbocycles. The molecule has 58 heavy (non-hydrogen) atoms. The van der Waals surface area contributed by atoms with E-state index in [0.717, 1.165) is 94.1 Å². The van der Waals surface area contributed by atoms with Crippen LogP contribution in [-0.2, 0) is 25.7 Å². The lowest BCUT2D eigenvalue weighted by atomic mass is 9.81. The van der Waals surface area contributed by atoms with Gasteiger partial charge in [0.15, 0.2) is 0 Å². The Morgan fingerprint density at radius 2 is 1.36 bits per heavy atom. The highest BCUT2D eigenvalue weighted by Gasteiger charge is 2.35. The van der Waals surface area contributed by atoms with E-state index in [2.05, 4.69) is 130 Å². The maximum atomic E-state index is 6.93. The van der Waals surface area contributed by atoms with Crippen molar-refractivity contribution >= 4 is 22.4 Å². The summed E-state index contributed by atoms with van der Waals surface area (Å²) in [5.41, 5.74) is 16.5. The van der Waals surface area contributed by atoms with Gasteiger partial charge in [0.1, 0.15) is 36.1 Å². The first kappa shape index (κ1) is 37.4. The maximum absolute atomic E-state index is 6.93. The molecule has 0 amide bonds. The van der Waals surface area contributed by atoms with Gasteiger partial charge in [0, 0.05) is 64.4 Å². The molecule has 3 aromatic rings. The standard InChI is InChI=1S/C54H61N2O2/c1-53(2,3)46-33-38(44-31-40-19-11-27-55-29-13-21-42(49(40)55)51(44)57-46)25-23-36-17-10-18-37(48(36)35-15-8-7-9-16-35)24-26-39-34-47(54(4,5)6)58-52-43-22-14-30-56-28-12-20-41(50(43)56)32-45(39)52/h7-9,15-16,23-26,31-34H,10-14,17-22,27-30H2,1-6H3/q+1. The van der Waals surface area contributed by atoms with Crippen LogP contribution in [0.4, 0.5) is 5.69 Å². The Balaban J connectivity index is 1.12. The molecule has 0 fully saturated rings. The number of hydrogen-bond acceptors (Lipinski definition) is 3. The van der Waals surface area contributed by atoms with Gasteiger partial charge in [0.2, 0.25) is 5.36 Å². The summed E-state index contributed by atoms with van der Waals surface area (Å²) in [5.74, 6) is 4.32. The van der Waals surface area contributed by atoms with Crippen LogP contribution in [0, 0.1) is 10.8 Å². The number of rotatable bonds is 4. The fourth-order valence-electron chi connectivity index (χ4n) is 10.7. The Labute approximate surface area is 346 Å². The Morgan fingerprint density at radius 1 is 0.655 bits per heavy atom. The van der Waals surface area contributed by atoms with Crippen molar-refractivity contribution in [1.82, 2.24) is 4.58 Å². The average Bonchev–Trinajstić information content (AvgIpc) is 3.22. The molecule has 0 unspecified atom stereocenters. The van der Waals surface area contributed by atoms with Gasteiger partial charge >= 0.3 is 0 Å². The molecule has 0 atom stereocenters. The third-order valence-electron chi connectivity index (χ3n) is 13.6. The Hall–Kier alpha value is -4.83. The van der Waals surface area contributed by atoms with E-state index in [1.807, 2.05) is 0 Å². The van der Waals surface area contributed by atoms with Crippen molar-refractivity contribution in [3.8, 4) is 11.5 Å². The molecule has 3 aromatic carbocycles. The van der Waals surface area contributed by atoms with Crippen LogP contribution >= 0.6 is 0 Å². The van der Waals surface area contributed by atoms with Crippen LogP contribution in [0.25, 0.3) is 16.7 Å². The summed E-state index contributed by atoms with van der Waals surface area (Å²) in [6.07, 6.45) is 27.0. The molecule has 7 aliphatic rings. The highest BCUT2D eigenvalue weighted by molar-refractivity contribution is 5.89. The molecule has 1 aliphatic carbocycles. The predicted molar refractivity (Wildman–Crippen MR) is 241 cm³/mol. The molecule has 0 N–H and O–H groups in total. The molecule has 0 saturated heterocycles. The second kappa shape index (κ2) is 14.5. The Bertz CT molecular complexity index is 2530. The number of nitrogens with zero attached hydrogens (tertiary/aromatic N) is 2. The summed E-state index contributed by atoms with van der Waals surface area (Å²) in [7, 11) is 0. The first-order chi connectivity index (χ1) is 28.0. The zero-order valence-corrected chi connectivity index (χ0v) is 35.8. The minimum absolute atomic E-state index is 0.100. The third-order valence-corrected chi connectivity index (χ3v) is 13.6. The van der Waals surface area contributed by atoms with Crippen LogP contribution in [0.2, 0.25) is 0 Å². The number of allylic oxidation sites excluding steroid dienone is 12. The summed E-state index contributed by atoms with van der Waals surface area (Å²) in [5, 5.41) is 2.74. The highest BCUT2D eigenvalue weighted by Crippen LogP contribution is 2.49. The van der Waals surface area contributed by atoms with Crippen LogP contribution < -0.4 is 29.5 Å². The number of fused-ring (bicyclic) bond motifs is 4. The van der Waals surface area contributed by atoms with E-state index in [9.17, 15) is 0 Å². The third kappa shape index (κ3) is 6.65. The molecule has 10 rings (SSSR count). The Kier molecular flexibility index (Phi) is 9.34. The summed E-state index contributed by atoms with van der Waals surface area (Å²) in [6.45, 7) is 18.3. The zero-order chi connectivity index (χ0) is 39.8. The molecule has 6 aliphatic heterocycles. The lowest BCUT2D eigenvalue weighted by Gasteiger charge is -2.40. The minimum Gasteiger partial charge on any atom is -0.460 e. The first-order valence-electron chi connectivity index (χ1n) is 22.4. The lowest BCUT2D eigenvalue weighted by Crippen LogP contribution is -2.45. The van der Waals surface area contributed by atoms with Gasteiger partial charge in [0.25, 0.3) is 0 Å². The van der Waals surface area contributed by atoms with Gasteiger partial charge in [-0.3, -0.25) is 0 Å². The van der Waals surface area contributed by atoms with Crippen LogP contribution in [0.3, 0.4) is 0 Å². The van der Waals surface area contributed by atoms with Crippen molar-refractivity contribution in [2.75, 3.05) is 31.1 Å². The van der Waals surface area contributed by atoms with Crippen molar-refractivity contribution in [2.24, 2.45) is 10.8 Å². The second-order valence-corrected chi connectivity index (χ2v) is 19.8. The van der Waals surface area contributed by atoms with E-state index in [0.29, 0.717) is 0 Å². The smallest absolute Gasteiger partial charge is 0.210 e. The Morgan fingerprint density at radius 3 is 2.16 bits per heavy atom. The van der Waals surface area contributed by atoms with Crippen LogP contribution in [-0.4, -0.2) is 26.2 Å². The zero-order valence-electron chi connectivity index (χ0n) is 35.8. The molecular formula is C54H61N2O2+. The van der Waals surface area contributed by atoms with E-state index < -0.39 is 0 Å². The molecule has 298 valence electrons. The summed E-state index contributed by atoms with van der Waals surface area (Å²) in [6, 6.07) is 16.1. The number of hydrogen-bond donors (Lipinski definition) is 0. The molecule has 0 aromatic heterocycles. The second-order valence-electron chi connectivity index (χ2n) is 19.8. The number of anilines is 1. The van der Waals surface area contributed by atoms with Crippen LogP contribution in [0.1, 0.15) is 120 Å². The summed E-state index contributed by atoms with van der Waals surface area (Å²) in [4.78, 5) is 2.63. The van der Waals surface area contributed by atoms with Crippen LogP contribution in [0.15, 0.2) is 102 Å². The van der Waals surface area contributed by atoms with Gasteiger partial charge < -0.3 is 14.4 Å². The number of aryl methyl sites for hydroxylation is 2. The molecule has 0 bridgehead atoms. The van der Waals surface area contributed by atoms with Gasteiger partial charge in [-0.2, -0.15) is 0 Å². The molecule has 0 spiro atoms. The lowest BCUT2D eigenvalue weighted by molar-refractivity contribution is 0.286. The van der Waals surface area contributed by atoms with Gasteiger partial charge in [0.05, 0.1) is 5.56 Å². The van der Waals surface area contributed by atoms with Crippen molar-refractivity contribution in [1.29, 1.82) is 0 Å². The van der Waals surface area contributed by atoms with Gasteiger partial charge in [-0.25, -0.2) is 4.58 Å². The van der Waals surface area contributed by atoms with E-state index in [-0.39, 0.29) is 10.8 Å². The van der Waals surface area contributed by atoms with Gasteiger partial charge in [-0.05, 0) is 121 Å². The molecule has 4 heteroatoms. The van der Waals surface area contributed by atoms with Gasteiger partial charge in [-0.15, -0.1) is 0 Å². The van der Waals surface area contributed by atoms with E-state index in [4.69, 9.17) is 9.47 Å². The van der Waals surface area contributed by atoms with Crippen LogP contribution in [0.5, 0.6) is 11.5 Å². The van der Waals surface area contributed by atoms with Gasteiger partial charge in [-0.1, -0.05) is 96.2 Å². The largest absolute Gasteiger partial charge is 0.460 e. The van der Waals surface area contributed by atoms with E-state index in [1.165, 1.54) is 103 Å². The van der Waals surface area contributed by atoms with E-state index in [1.54, 1.807) is 0 Å². The first-order valence-corrected chi connectivity index (χ1v) is 22.4. The van der Waals surface area contributed by atoms with Crippen molar-refractivity contribution in [3.63, 3.8) is 0 Å². The number of ether oxygens (including phenoxy) is 2. The topological polar surface area (TPSA) is 24.7 Å². The summed E-state index contributed by atoms with van der Waals surface area (Å²) >= 11 is 0. The van der Waals surface area contributed by atoms with Crippen molar-refractivity contribution < 1.29 is 9.47 Å². The quantitative estimate of drug-likeness (QED) is 0.247. The summed E-state index contributed by atoms with van der Waals surface area (Å²) < 4.78 is 16.5. The average molecular weight is 770 g/mol. The molecule has 6 heterocycles. The normalized spacial score (nSPS) is 21.6. The van der Waals surface area contributed by atoms with Crippen molar-refractivity contribution in [2.45, 2.75) is 112 Å². The van der Waals surface area contributed by atoms with Crippen molar-refractivity contribution in [3.05, 3.63) is 146 Å². The molecule has 4 nitrogen and oxygen atoms in total. The van der Waals surface area contributed by atoms with E-state index >= 15 is 0 Å². The highest BCUT2D eigenvalue weighted by atomic mass is 16.5. The molecule has 0 radical (unpaired) electrons.